The van der Waals surface area contributed by atoms with E-state index in [0.29, 0.717) is 12.3 Å². The zero-order valence-electron chi connectivity index (χ0n) is 16.0. The van der Waals surface area contributed by atoms with Crippen molar-refractivity contribution in [2.75, 3.05) is 5.32 Å². The molecule has 0 unspecified atom stereocenters. The summed E-state index contributed by atoms with van der Waals surface area (Å²) >= 11 is 0. The second kappa shape index (κ2) is 7.64. The monoisotopic (exact) mass is 370 g/mol. The molecule has 1 N–H and O–H groups in total. The molecule has 0 saturated carbocycles. The number of aromatic nitrogens is 3. The van der Waals surface area contributed by atoms with E-state index in [-0.39, 0.29) is 5.91 Å². The number of nitrogens with zero attached hydrogens (tertiary/aromatic N) is 3. The highest BCUT2D eigenvalue weighted by molar-refractivity contribution is 5.94. The molecule has 0 radical (unpaired) electrons. The molecule has 0 spiro atoms. The van der Waals surface area contributed by atoms with Gasteiger partial charge in [-0.25, -0.2) is 0 Å². The van der Waals surface area contributed by atoms with Gasteiger partial charge >= 0.3 is 0 Å². The molecule has 4 rings (SSSR count). The Morgan fingerprint density at radius 3 is 2.36 bits per heavy atom. The molecule has 1 aromatic heterocycles. The van der Waals surface area contributed by atoms with Gasteiger partial charge in [0.1, 0.15) is 11.0 Å². The Morgan fingerprint density at radius 1 is 0.929 bits per heavy atom. The van der Waals surface area contributed by atoms with Crippen molar-refractivity contribution >= 4 is 22.6 Å². The predicted molar refractivity (Wildman–Crippen MR) is 112 cm³/mol. The molecule has 0 bridgehead atoms. The Hall–Kier alpha value is -3.47. The quantitative estimate of drug-likeness (QED) is 0.553. The molecular weight excluding hydrogens is 348 g/mol. The molecule has 3 aromatic carbocycles. The van der Waals surface area contributed by atoms with Gasteiger partial charge in [0.15, 0.2) is 0 Å². The number of nitrogens with one attached hydrogen (secondary N) is 1. The number of hydrogen-bond acceptors (Lipinski definition) is 3. The zero-order valence-corrected chi connectivity index (χ0v) is 16.0. The first-order chi connectivity index (χ1) is 13.6. The highest BCUT2D eigenvalue weighted by Gasteiger charge is 2.09. The van der Waals surface area contributed by atoms with Gasteiger partial charge in [0.05, 0.1) is 12.1 Å². The molecule has 0 aliphatic rings. The average molecular weight is 370 g/mol. The predicted octanol–water partition coefficient (Wildman–Crippen LogP) is 4.73. The summed E-state index contributed by atoms with van der Waals surface area (Å²) in [6.07, 6.45) is 0.341. The van der Waals surface area contributed by atoms with E-state index >= 15 is 0 Å². The number of rotatable bonds is 5. The first-order valence-electron chi connectivity index (χ1n) is 9.40. The van der Waals surface area contributed by atoms with Crippen LogP contribution in [0.25, 0.3) is 16.7 Å². The molecule has 0 atom stereocenters. The van der Waals surface area contributed by atoms with E-state index in [0.717, 1.165) is 28.0 Å². The van der Waals surface area contributed by atoms with Crippen LogP contribution in [0.1, 0.15) is 30.9 Å². The van der Waals surface area contributed by atoms with Crippen LogP contribution >= 0.6 is 0 Å². The maximum Gasteiger partial charge on any atom is 0.228 e. The van der Waals surface area contributed by atoms with Crippen molar-refractivity contribution in [3.8, 4) is 5.69 Å². The van der Waals surface area contributed by atoms with Crippen LogP contribution in [-0.4, -0.2) is 20.9 Å². The van der Waals surface area contributed by atoms with E-state index < -0.39 is 0 Å². The fourth-order valence-electron chi connectivity index (χ4n) is 3.09. The van der Waals surface area contributed by atoms with Crippen LogP contribution in [0.3, 0.4) is 0 Å². The van der Waals surface area contributed by atoms with Crippen molar-refractivity contribution in [3.05, 3.63) is 83.9 Å². The van der Waals surface area contributed by atoms with Crippen molar-refractivity contribution < 1.29 is 4.79 Å². The molecule has 5 nitrogen and oxygen atoms in total. The summed E-state index contributed by atoms with van der Waals surface area (Å²) in [6, 6.07) is 23.5. The fraction of sp³-hybridized carbons (Fsp3) is 0.174. The molecule has 1 amide bonds. The Balaban J connectivity index is 1.52. The van der Waals surface area contributed by atoms with Gasteiger partial charge in [-0.3, -0.25) is 4.79 Å². The van der Waals surface area contributed by atoms with Crippen LogP contribution in [0.5, 0.6) is 0 Å². The maximum absolute atomic E-state index is 12.3. The first kappa shape index (κ1) is 17.9. The average Bonchev–Trinajstić information content (AvgIpc) is 3.12. The van der Waals surface area contributed by atoms with Gasteiger partial charge in [0.25, 0.3) is 0 Å². The van der Waals surface area contributed by atoms with Crippen LogP contribution in [0.4, 0.5) is 5.69 Å². The Kier molecular flexibility index (Phi) is 4.89. The van der Waals surface area contributed by atoms with Gasteiger partial charge in [0, 0.05) is 5.69 Å². The molecule has 28 heavy (non-hydrogen) atoms. The summed E-state index contributed by atoms with van der Waals surface area (Å²) in [4.78, 5) is 13.9. The summed E-state index contributed by atoms with van der Waals surface area (Å²) in [7, 11) is 0. The lowest BCUT2D eigenvalue weighted by Crippen LogP contribution is -2.14. The summed E-state index contributed by atoms with van der Waals surface area (Å²) in [5.41, 5.74) is 5.42. The van der Waals surface area contributed by atoms with Crippen LogP contribution in [0.2, 0.25) is 0 Å². The smallest absolute Gasteiger partial charge is 0.228 e. The topological polar surface area (TPSA) is 59.8 Å². The largest absolute Gasteiger partial charge is 0.326 e. The lowest BCUT2D eigenvalue weighted by atomic mass is 10.0. The minimum absolute atomic E-state index is 0.0535. The third kappa shape index (κ3) is 3.93. The third-order valence-electron chi connectivity index (χ3n) is 4.66. The van der Waals surface area contributed by atoms with Gasteiger partial charge in [-0.2, -0.15) is 4.80 Å². The number of carbonyl (C=O) groups excluding carboxylic acids is 1. The Bertz CT molecular complexity index is 1100. The van der Waals surface area contributed by atoms with Gasteiger partial charge < -0.3 is 5.32 Å². The van der Waals surface area contributed by atoms with Crippen LogP contribution in [-0.2, 0) is 11.2 Å². The number of amides is 1. The molecule has 0 fully saturated rings. The molecular formula is C23H22N4O. The second-order valence-electron chi connectivity index (χ2n) is 7.15. The van der Waals surface area contributed by atoms with E-state index in [1.807, 2.05) is 60.7 Å². The molecule has 0 aliphatic carbocycles. The first-order valence-corrected chi connectivity index (χ1v) is 9.40. The van der Waals surface area contributed by atoms with E-state index in [4.69, 9.17) is 0 Å². The van der Waals surface area contributed by atoms with Crippen molar-refractivity contribution in [3.63, 3.8) is 0 Å². The summed E-state index contributed by atoms with van der Waals surface area (Å²) in [6.45, 7) is 4.34. The second-order valence-corrected chi connectivity index (χ2v) is 7.15. The number of fused-ring (bicyclic) bond motifs is 1. The van der Waals surface area contributed by atoms with Gasteiger partial charge in [0.2, 0.25) is 5.91 Å². The van der Waals surface area contributed by atoms with Gasteiger partial charge in [-0.05, 0) is 47.4 Å². The molecule has 5 heteroatoms. The number of hydrogen-bond donors (Lipinski definition) is 1. The van der Waals surface area contributed by atoms with Crippen molar-refractivity contribution in [1.82, 2.24) is 15.0 Å². The van der Waals surface area contributed by atoms with Crippen molar-refractivity contribution in [2.24, 2.45) is 0 Å². The standard InChI is InChI=1S/C23H22N4O/c1-16(2)18-8-11-20(12-9-18)27-25-21-13-10-19(15-22(21)26-27)24-23(28)14-17-6-4-3-5-7-17/h3-13,15-16H,14H2,1-2H3,(H,24,28). The van der Waals surface area contributed by atoms with Crippen LogP contribution in [0, 0.1) is 0 Å². The Morgan fingerprint density at radius 2 is 1.64 bits per heavy atom. The fourth-order valence-corrected chi connectivity index (χ4v) is 3.09. The number of anilines is 1. The molecule has 140 valence electrons. The number of carbonyl (C=O) groups is 1. The zero-order chi connectivity index (χ0) is 19.5. The highest BCUT2D eigenvalue weighted by Crippen LogP contribution is 2.20. The highest BCUT2D eigenvalue weighted by atomic mass is 16.1. The molecule has 4 aromatic rings. The Labute approximate surface area is 164 Å². The number of benzene rings is 3. The summed E-state index contributed by atoms with van der Waals surface area (Å²) < 4.78 is 0. The van der Waals surface area contributed by atoms with E-state index in [1.165, 1.54) is 5.56 Å². The van der Waals surface area contributed by atoms with Gasteiger partial charge in [-0.1, -0.05) is 56.3 Å². The lowest BCUT2D eigenvalue weighted by Gasteiger charge is -2.05. The third-order valence-corrected chi connectivity index (χ3v) is 4.66. The van der Waals surface area contributed by atoms with Crippen molar-refractivity contribution in [2.45, 2.75) is 26.2 Å². The molecule has 0 saturated heterocycles. The minimum Gasteiger partial charge on any atom is -0.326 e. The van der Waals surface area contributed by atoms with E-state index in [2.05, 4.69) is 41.5 Å². The SMILES string of the molecule is CC(C)c1ccc(-n2nc3ccc(NC(=O)Cc4ccccc4)cc3n2)cc1. The van der Waals surface area contributed by atoms with Crippen LogP contribution < -0.4 is 5.32 Å². The normalized spacial score (nSPS) is 11.1. The van der Waals surface area contributed by atoms with Gasteiger partial charge in [-0.15, -0.1) is 10.2 Å². The summed E-state index contributed by atoms with van der Waals surface area (Å²) in [5, 5.41) is 12.0. The van der Waals surface area contributed by atoms with Crippen molar-refractivity contribution in [1.29, 1.82) is 0 Å². The molecule has 0 aliphatic heterocycles. The summed E-state index contributed by atoms with van der Waals surface area (Å²) in [5.74, 6) is 0.433. The van der Waals surface area contributed by atoms with E-state index in [9.17, 15) is 4.79 Å². The van der Waals surface area contributed by atoms with E-state index in [1.54, 1.807) is 4.80 Å². The van der Waals surface area contributed by atoms with Crippen LogP contribution in [0.15, 0.2) is 72.8 Å². The minimum atomic E-state index is -0.0535. The maximum atomic E-state index is 12.3. The lowest BCUT2D eigenvalue weighted by molar-refractivity contribution is -0.115. The molecule has 1 heterocycles.